The van der Waals surface area contributed by atoms with E-state index >= 15 is 0 Å². The van der Waals surface area contributed by atoms with Crippen LogP contribution in [0.3, 0.4) is 0 Å². The average molecular weight is 417 g/mol. The molecule has 2 aliphatic heterocycles. The number of aromatic nitrogens is 2. The Labute approximate surface area is 172 Å². The minimum atomic E-state index is -1.02. The van der Waals surface area contributed by atoms with Gasteiger partial charge in [0.05, 0.1) is 6.54 Å². The molecule has 0 bridgehead atoms. The summed E-state index contributed by atoms with van der Waals surface area (Å²) in [5.41, 5.74) is 0.267. The van der Waals surface area contributed by atoms with Crippen LogP contribution in [0.25, 0.3) is 0 Å². The summed E-state index contributed by atoms with van der Waals surface area (Å²) < 4.78 is 32.4. The number of likely N-dealkylation sites (tertiary alicyclic amines) is 1. The van der Waals surface area contributed by atoms with Crippen LogP contribution < -0.4 is 9.64 Å². The number of benzene rings is 1. The molecular formula is C20H21F2N5O3. The van der Waals surface area contributed by atoms with Gasteiger partial charge in [0.15, 0.2) is 11.6 Å². The first-order valence-electron chi connectivity index (χ1n) is 9.74. The highest BCUT2D eigenvalue weighted by molar-refractivity contribution is 5.96. The molecule has 30 heavy (non-hydrogen) atoms. The predicted octanol–water partition coefficient (Wildman–Crippen LogP) is 2.07. The number of nitrogens with zero attached hydrogens (tertiary/aromatic N) is 5. The van der Waals surface area contributed by atoms with Crippen molar-refractivity contribution in [2.75, 3.05) is 37.6 Å². The molecule has 4 rings (SSSR count). The van der Waals surface area contributed by atoms with Gasteiger partial charge < -0.3 is 14.5 Å². The third-order valence-electron chi connectivity index (χ3n) is 5.18. The van der Waals surface area contributed by atoms with Crippen molar-refractivity contribution in [2.45, 2.75) is 18.9 Å². The molecule has 2 aliphatic rings. The molecule has 8 nitrogen and oxygen atoms in total. The number of amides is 3. The first kappa shape index (κ1) is 20.0. The van der Waals surface area contributed by atoms with Gasteiger partial charge in [-0.05, 0) is 31.0 Å². The van der Waals surface area contributed by atoms with Crippen molar-refractivity contribution >= 4 is 17.6 Å². The van der Waals surface area contributed by atoms with Crippen LogP contribution in [0, 0.1) is 11.6 Å². The Morgan fingerprint density at radius 1 is 1.13 bits per heavy atom. The number of halogens is 2. The molecule has 3 heterocycles. The van der Waals surface area contributed by atoms with Crippen molar-refractivity contribution < 1.29 is 23.1 Å². The van der Waals surface area contributed by atoms with Crippen molar-refractivity contribution in [1.29, 1.82) is 0 Å². The lowest BCUT2D eigenvalue weighted by atomic mass is 10.1. The van der Waals surface area contributed by atoms with Gasteiger partial charge in [-0.15, -0.1) is 0 Å². The van der Waals surface area contributed by atoms with E-state index in [9.17, 15) is 18.4 Å². The number of hydrogen-bond donors (Lipinski definition) is 0. The predicted molar refractivity (Wildman–Crippen MR) is 103 cm³/mol. The average Bonchev–Trinajstić information content (AvgIpc) is 3.11. The highest BCUT2D eigenvalue weighted by Gasteiger charge is 2.33. The largest absolute Gasteiger partial charge is 0.458 e. The fourth-order valence-electron chi connectivity index (χ4n) is 3.64. The van der Waals surface area contributed by atoms with E-state index in [0.717, 1.165) is 25.0 Å². The summed E-state index contributed by atoms with van der Waals surface area (Å²) in [5, 5.41) is 0. The smallest absolute Gasteiger partial charge is 0.325 e. The van der Waals surface area contributed by atoms with Crippen LogP contribution in [0.1, 0.15) is 12.8 Å². The maximum atomic E-state index is 13.5. The van der Waals surface area contributed by atoms with Crippen LogP contribution in [0.4, 0.5) is 19.3 Å². The van der Waals surface area contributed by atoms with Gasteiger partial charge in [-0.1, -0.05) is 0 Å². The fourth-order valence-corrected chi connectivity index (χ4v) is 3.64. The highest BCUT2D eigenvalue weighted by Crippen LogP contribution is 2.23. The molecule has 1 atom stereocenters. The van der Waals surface area contributed by atoms with Crippen LogP contribution in [0.5, 0.6) is 6.01 Å². The van der Waals surface area contributed by atoms with Crippen LogP contribution >= 0.6 is 0 Å². The van der Waals surface area contributed by atoms with Crippen molar-refractivity contribution in [2.24, 2.45) is 0 Å². The van der Waals surface area contributed by atoms with Gasteiger partial charge in [-0.25, -0.2) is 23.5 Å². The number of ether oxygens (including phenoxy) is 1. The van der Waals surface area contributed by atoms with E-state index in [4.69, 9.17) is 4.74 Å². The van der Waals surface area contributed by atoms with Gasteiger partial charge >= 0.3 is 12.0 Å². The number of anilines is 1. The van der Waals surface area contributed by atoms with Crippen molar-refractivity contribution in [3.8, 4) is 6.01 Å². The van der Waals surface area contributed by atoms with Gasteiger partial charge in [0.1, 0.15) is 12.6 Å². The maximum absolute atomic E-state index is 13.5. The Hall–Kier alpha value is -3.30. The molecule has 0 aliphatic carbocycles. The minimum Gasteiger partial charge on any atom is -0.458 e. The highest BCUT2D eigenvalue weighted by atomic mass is 19.2. The summed E-state index contributed by atoms with van der Waals surface area (Å²) in [6.45, 7) is 1.53. The summed E-state index contributed by atoms with van der Waals surface area (Å²) in [6.07, 6.45) is 4.53. The van der Waals surface area contributed by atoms with Crippen LogP contribution in [-0.4, -0.2) is 70.5 Å². The van der Waals surface area contributed by atoms with Crippen LogP contribution in [0.15, 0.2) is 36.7 Å². The van der Waals surface area contributed by atoms with Gasteiger partial charge in [0.2, 0.25) is 5.91 Å². The van der Waals surface area contributed by atoms with Gasteiger partial charge in [0, 0.05) is 43.8 Å². The van der Waals surface area contributed by atoms with Gasteiger partial charge in [-0.2, -0.15) is 0 Å². The van der Waals surface area contributed by atoms with Crippen molar-refractivity contribution in [3.63, 3.8) is 0 Å². The third-order valence-corrected chi connectivity index (χ3v) is 5.18. The number of carbonyl (C=O) groups is 2. The Morgan fingerprint density at radius 3 is 2.70 bits per heavy atom. The van der Waals surface area contributed by atoms with Gasteiger partial charge in [-0.3, -0.25) is 9.69 Å². The van der Waals surface area contributed by atoms with Crippen molar-refractivity contribution in [3.05, 3.63) is 48.3 Å². The lowest BCUT2D eigenvalue weighted by Crippen LogP contribution is -2.48. The number of rotatable bonds is 5. The summed E-state index contributed by atoms with van der Waals surface area (Å²) in [7, 11) is 0. The Kier molecular flexibility index (Phi) is 5.73. The molecule has 1 aromatic heterocycles. The quantitative estimate of drug-likeness (QED) is 0.744. The number of urea groups is 1. The standard InChI is InChI=1S/C20H21F2N5O3/c21-16-5-4-14(11-17(16)22)27-10-9-26(20(27)29)13-18(28)25-8-1-3-15(12-25)30-19-23-6-2-7-24-19/h2,4-7,11,15H,1,3,8-10,12-13H2. The maximum Gasteiger partial charge on any atom is 0.325 e. The van der Waals surface area contributed by atoms with E-state index in [0.29, 0.717) is 26.2 Å². The van der Waals surface area contributed by atoms with Crippen LogP contribution in [-0.2, 0) is 4.79 Å². The number of hydrogen-bond acceptors (Lipinski definition) is 5. The Balaban J connectivity index is 1.34. The molecule has 158 valence electrons. The molecule has 0 N–H and O–H groups in total. The second kappa shape index (κ2) is 8.60. The first-order chi connectivity index (χ1) is 14.5. The summed E-state index contributed by atoms with van der Waals surface area (Å²) in [4.78, 5) is 37.9. The molecule has 2 fully saturated rings. The second-order valence-corrected chi connectivity index (χ2v) is 7.21. The number of piperidine rings is 1. The van der Waals surface area contributed by atoms with E-state index in [1.54, 1.807) is 23.4 Å². The third kappa shape index (κ3) is 4.32. The normalized spacial score (nSPS) is 19.3. The lowest BCUT2D eigenvalue weighted by Gasteiger charge is -2.33. The van der Waals surface area contributed by atoms with Gasteiger partial charge in [0.25, 0.3) is 0 Å². The minimum absolute atomic E-state index is 0.0758. The van der Waals surface area contributed by atoms with E-state index in [1.807, 2.05) is 0 Å². The Morgan fingerprint density at radius 2 is 1.93 bits per heavy atom. The van der Waals surface area contributed by atoms with E-state index < -0.39 is 17.7 Å². The molecule has 0 saturated carbocycles. The molecule has 0 spiro atoms. The van der Waals surface area contributed by atoms with Crippen LogP contribution in [0.2, 0.25) is 0 Å². The van der Waals surface area contributed by atoms with E-state index in [2.05, 4.69) is 9.97 Å². The summed E-state index contributed by atoms with van der Waals surface area (Å²) in [6, 6.07) is 4.87. The zero-order chi connectivity index (χ0) is 21.1. The topological polar surface area (TPSA) is 78.9 Å². The Bertz CT molecular complexity index is 930. The zero-order valence-corrected chi connectivity index (χ0v) is 16.2. The molecule has 3 amide bonds. The molecule has 2 saturated heterocycles. The summed E-state index contributed by atoms with van der Waals surface area (Å²) >= 11 is 0. The fraction of sp³-hybridized carbons (Fsp3) is 0.400. The molecule has 1 unspecified atom stereocenters. The second-order valence-electron chi connectivity index (χ2n) is 7.21. The monoisotopic (exact) mass is 417 g/mol. The molecule has 0 radical (unpaired) electrons. The molecule has 2 aromatic rings. The summed E-state index contributed by atoms with van der Waals surface area (Å²) in [5.74, 6) is -2.17. The molecule has 10 heteroatoms. The lowest BCUT2D eigenvalue weighted by molar-refractivity contribution is -0.134. The first-order valence-corrected chi connectivity index (χ1v) is 9.74. The SMILES string of the molecule is O=C(CN1CCN(c2ccc(F)c(F)c2)C1=O)N1CCCC(Oc2ncccn2)C1. The van der Waals surface area contributed by atoms with Crippen molar-refractivity contribution in [1.82, 2.24) is 19.8 Å². The van der Waals surface area contributed by atoms with E-state index in [1.165, 1.54) is 15.9 Å². The molecule has 1 aromatic carbocycles. The molecular weight excluding hydrogens is 396 g/mol. The van der Waals surface area contributed by atoms with E-state index in [-0.39, 0.29) is 30.3 Å². The number of carbonyl (C=O) groups excluding carboxylic acids is 2. The zero-order valence-electron chi connectivity index (χ0n) is 16.2.